The van der Waals surface area contributed by atoms with Gasteiger partial charge in [-0.25, -0.2) is 4.39 Å². The van der Waals surface area contributed by atoms with Crippen molar-refractivity contribution in [1.29, 1.82) is 0 Å². The third-order valence-corrected chi connectivity index (χ3v) is 3.32. The first-order chi connectivity index (χ1) is 10.1. The number of benzene rings is 2. The number of nitrogens with one attached hydrogen (secondary N) is 2. The van der Waals surface area contributed by atoms with Gasteiger partial charge in [-0.2, -0.15) is 0 Å². The van der Waals surface area contributed by atoms with Crippen molar-refractivity contribution in [3.63, 3.8) is 0 Å². The summed E-state index contributed by atoms with van der Waals surface area (Å²) in [5.41, 5.74) is 1.94. The monoisotopic (exact) mass is 306 g/mol. The van der Waals surface area contributed by atoms with E-state index in [2.05, 4.69) is 10.6 Å². The van der Waals surface area contributed by atoms with Crippen molar-refractivity contribution in [3.05, 3.63) is 64.4 Å². The van der Waals surface area contributed by atoms with Crippen molar-refractivity contribution in [2.75, 3.05) is 11.9 Å². The Bertz CT molecular complexity index is 646. The third-order valence-electron chi connectivity index (χ3n) is 3.01. The summed E-state index contributed by atoms with van der Waals surface area (Å²) in [6, 6.07) is 11.2. The molecule has 0 spiro atoms. The molecule has 0 heterocycles. The Labute approximate surface area is 128 Å². The summed E-state index contributed by atoms with van der Waals surface area (Å²) in [6.07, 6.45) is 0. The smallest absolute Gasteiger partial charge is 0.257 e. The van der Waals surface area contributed by atoms with E-state index in [1.807, 2.05) is 31.2 Å². The normalized spacial score (nSPS) is 10.4. The van der Waals surface area contributed by atoms with Crippen LogP contribution < -0.4 is 10.6 Å². The third kappa shape index (κ3) is 4.03. The van der Waals surface area contributed by atoms with E-state index in [-0.39, 0.29) is 16.5 Å². The molecular formula is C16H16ClFN2O. The highest BCUT2D eigenvalue weighted by molar-refractivity contribution is 6.34. The van der Waals surface area contributed by atoms with Crippen LogP contribution in [0.4, 0.5) is 10.1 Å². The van der Waals surface area contributed by atoms with E-state index in [0.29, 0.717) is 12.2 Å². The first-order valence-corrected chi connectivity index (χ1v) is 7.04. The molecule has 0 aliphatic rings. The first-order valence-electron chi connectivity index (χ1n) is 6.67. The Hall–Kier alpha value is -1.91. The van der Waals surface area contributed by atoms with Gasteiger partial charge in [-0.15, -0.1) is 0 Å². The highest BCUT2D eigenvalue weighted by atomic mass is 35.5. The minimum absolute atomic E-state index is 0.0941. The molecule has 0 saturated carbocycles. The van der Waals surface area contributed by atoms with Gasteiger partial charge in [0.15, 0.2) is 0 Å². The van der Waals surface area contributed by atoms with Crippen LogP contribution in [-0.4, -0.2) is 12.5 Å². The lowest BCUT2D eigenvalue weighted by Crippen LogP contribution is -2.17. The Morgan fingerprint density at radius 2 is 2.00 bits per heavy atom. The predicted octanol–water partition coefficient (Wildman–Crippen LogP) is 3.84. The number of rotatable bonds is 5. The zero-order chi connectivity index (χ0) is 15.2. The average Bonchev–Trinajstić information content (AvgIpc) is 2.46. The Morgan fingerprint density at radius 3 is 2.71 bits per heavy atom. The van der Waals surface area contributed by atoms with Crippen LogP contribution in [0.1, 0.15) is 22.8 Å². The van der Waals surface area contributed by atoms with E-state index in [0.717, 1.165) is 18.2 Å². The summed E-state index contributed by atoms with van der Waals surface area (Å²) in [4.78, 5) is 12.2. The molecule has 21 heavy (non-hydrogen) atoms. The van der Waals surface area contributed by atoms with Gasteiger partial charge in [-0.05, 0) is 36.4 Å². The van der Waals surface area contributed by atoms with Crippen LogP contribution in [0.25, 0.3) is 0 Å². The predicted molar refractivity (Wildman–Crippen MR) is 83.2 cm³/mol. The molecule has 0 bridgehead atoms. The lowest BCUT2D eigenvalue weighted by atomic mass is 10.1. The number of amides is 1. The van der Waals surface area contributed by atoms with Crippen molar-refractivity contribution >= 4 is 23.2 Å². The summed E-state index contributed by atoms with van der Waals surface area (Å²) in [5.74, 6) is -0.826. The quantitative estimate of drug-likeness (QED) is 0.881. The van der Waals surface area contributed by atoms with Crippen molar-refractivity contribution in [2.24, 2.45) is 0 Å². The van der Waals surface area contributed by atoms with E-state index in [1.54, 1.807) is 0 Å². The number of carbonyl (C=O) groups is 1. The highest BCUT2D eigenvalue weighted by Crippen LogP contribution is 2.20. The number of halogens is 2. The van der Waals surface area contributed by atoms with Crippen LogP contribution in [-0.2, 0) is 6.54 Å². The average molecular weight is 307 g/mol. The molecule has 0 saturated heterocycles. The minimum Gasteiger partial charge on any atom is -0.322 e. The van der Waals surface area contributed by atoms with Gasteiger partial charge >= 0.3 is 0 Å². The molecule has 2 rings (SSSR count). The SMILES string of the molecule is CCNCc1ccccc1NC(=O)c1ccc(F)cc1Cl. The van der Waals surface area contributed by atoms with Gasteiger partial charge in [0.1, 0.15) is 5.82 Å². The minimum atomic E-state index is -0.468. The molecule has 1 amide bonds. The molecule has 0 aromatic heterocycles. The van der Waals surface area contributed by atoms with Gasteiger partial charge in [-0.1, -0.05) is 36.7 Å². The summed E-state index contributed by atoms with van der Waals surface area (Å²) in [5, 5.41) is 6.11. The van der Waals surface area contributed by atoms with Crippen molar-refractivity contribution < 1.29 is 9.18 Å². The van der Waals surface area contributed by atoms with Crippen LogP contribution in [0.2, 0.25) is 5.02 Å². The molecular weight excluding hydrogens is 291 g/mol. The molecule has 0 unspecified atom stereocenters. The Kier molecular flexibility index (Phi) is 5.31. The maximum absolute atomic E-state index is 13.0. The van der Waals surface area contributed by atoms with Gasteiger partial charge in [0.2, 0.25) is 0 Å². The molecule has 3 nitrogen and oxygen atoms in total. The zero-order valence-corrected chi connectivity index (χ0v) is 12.4. The molecule has 5 heteroatoms. The van der Waals surface area contributed by atoms with Crippen LogP contribution in [0.15, 0.2) is 42.5 Å². The molecule has 0 aliphatic heterocycles. The molecule has 0 fully saturated rings. The van der Waals surface area contributed by atoms with Crippen molar-refractivity contribution in [3.8, 4) is 0 Å². The fraction of sp³-hybridized carbons (Fsp3) is 0.188. The lowest BCUT2D eigenvalue weighted by Gasteiger charge is -2.12. The lowest BCUT2D eigenvalue weighted by molar-refractivity contribution is 0.102. The second kappa shape index (κ2) is 7.20. The molecule has 110 valence electrons. The Morgan fingerprint density at radius 1 is 1.24 bits per heavy atom. The maximum atomic E-state index is 13.0. The fourth-order valence-corrected chi connectivity index (χ4v) is 2.17. The van der Waals surface area contributed by atoms with Gasteiger partial charge in [0, 0.05) is 12.2 Å². The van der Waals surface area contributed by atoms with E-state index >= 15 is 0 Å². The molecule has 0 radical (unpaired) electrons. The molecule has 2 N–H and O–H groups in total. The number of carbonyl (C=O) groups excluding carboxylic acids is 1. The van der Waals surface area contributed by atoms with E-state index < -0.39 is 5.82 Å². The van der Waals surface area contributed by atoms with E-state index in [9.17, 15) is 9.18 Å². The number of para-hydroxylation sites is 1. The number of hydrogen-bond donors (Lipinski definition) is 2. The van der Waals surface area contributed by atoms with Crippen molar-refractivity contribution in [2.45, 2.75) is 13.5 Å². The van der Waals surface area contributed by atoms with Crippen LogP contribution in [0.3, 0.4) is 0 Å². The molecule has 0 aliphatic carbocycles. The van der Waals surface area contributed by atoms with Gasteiger partial charge in [0.05, 0.1) is 10.6 Å². The second-order valence-corrected chi connectivity index (χ2v) is 4.92. The molecule has 2 aromatic carbocycles. The largest absolute Gasteiger partial charge is 0.322 e. The van der Waals surface area contributed by atoms with Crippen molar-refractivity contribution in [1.82, 2.24) is 5.32 Å². The summed E-state index contributed by atoms with van der Waals surface area (Å²) in [6.45, 7) is 3.51. The maximum Gasteiger partial charge on any atom is 0.257 e. The fourth-order valence-electron chi connectivity index (χ4n) is 1.92. The van der Waals surface area contributed by atoms with Crippen LogP contribution in [0, 0.1) is 5.82 Å². The van der Waals surface area contributed by atoms with Crippen LogP contribution >= 0.6 is 11.6 Å². The van der Waals surface area contributed by atoms with Gasteiger partial charge < -0.3 is 10.6 Å². The van der Waals surface area contributed by atoms with Crippen LogP contribution in [0.5, 0.6) is 0 Å². The van der Waals surface area contributed by atoms with Gasteiger partial charge in [-0.3, -0.25) is 4.79 Å². The second-order valence-electron chi connectivity index (χ2n) is 4.52. The van der Waals surface area contributed by atoms with E-state index in [4.69, 9.17) is 11.6 Å². The van der Waals surface area contributed by atoms with E-state index in [1.165, 1.54) is 12.1 Å². The summed E-state index contributed by atoms with van der Waals surface area (Å²) in [7, 11) is 0. The summed E-state index contributed by atoms with van der Waals surface area (Å²) < 4.78 is 13.0. The highest BCUT2D eigenvalue weighted by Gasteiger charge is 2.12. The topological polar surface area (TPSA) is 41.1 Å². The zero-order valence-electron chi connectivity index (χ0n) is 11.6. The number of hydrogen-bond acceptors (Lipinski definition) is 2. The molecule has 0 atom stereocenters. The molecule has 2 aromatic rings. The summed E-state index contributed by atoms with van der Waals surface area (Å²) >= 11 is 5.90. The van der Waals surface area contributed by atoms with Gasteiger partial charge in [0.25, 0.3) is 5.91 Å². The number of anilines is 1. The standard InChI is InChI=1S/C16H16ClFN2O/c1-2-19-10-11-5-3-4-6-15(11)20-16(21)13-8-7-12(18)9-14(13)17/h3-9,19H,2,10H2,1H3,(H,20,21). The Balaban J connectivity index is 2.19. The first kappa shape index (κ1) is 15.5.